The highest BCUT2D eigenvalue weighted by molar-refractivity contribution is 9.09. The van der Waals surface area contributed by atoms with Gasteiger partial charge in [0.25, 0.3) is 0 Å². The van der Waals surface area contributed by atoms with Crippen LogP contribution in [-0.4, -0.2) is 17.5 Å². The molecule has 0 aromatic rings. The van der Waals surface area contributed by atoms with Crippen LogP contribution in [0.1, 0.15) is 32.1 Å². The third-order valence-corrected chi connectivity index (χ3v) is 3.49. The van der Waals surface area contributed by atoms with Crippen LogP contribution in [0.25, 0.3) is 0 Å². The van der Waals surface area contributed by atoms with Crippen LogP contribution in [0.15, 0.2) is 12.7 Å². The SMILES string of the molecule is C=CCCCC1(CBr)CCCO1. The van der Waals surface area contributed by atoms with Gasteiger partial charge in [-0.25, -0.2) is 0 Å². The van der Waals surface area contributed by atoms with E-state index in [2.05, 4.69) is 22.5 Å². The van der Waals surface area contributed by atoms with Crippen molar-refractivity contribution in [2.24, 2.45) is 0 Å². The Bertz CT molecular complexity index is 139. The van der Waals surface area contributed by atoms with Crippen LogP contribution in [0, 0.1) is 0 Å². The van der Waals surface area contributed by atoms with Gasteiger partial charge < -0.3 is 4.74 Å². The lowest BCUT2D eigenvalue weighted by atomic mass is 9.96. The van der Waals surface area contributed by atoms with Crippen molar-refractivity contribution in [2.45, 2.75) is 37.7 Å². The van der Waals surface area contributed by atoms with Gasteiger partial charge in [-0.3, -0.25) is 0 Å². The third-order valence-electron chi connectivity index (χ3n) is 2.47. The fourth-order valence-corrected chi connectivity index (χ4v) is 2.42. The highest BCUT2D eigenvalue weighted by Crippen LogP contribution is 2.32. The quantitative estimate of drug-likeness (QED) is 0.402. The van der Waals surface area contributed by atoms with Crippen LogP contribution in [0.4, 0.5) is 0 Å². The summed E-state index contributed by atoms with van der Waals surface area (Å²) in [5, 5.41) is 0.983. The average molecular weight is 233 g/mol. The second kappa shape index (κ2) is 5.03. The van der Waals surface area contributed by atoms with Crippen molar-refractivity contribution in [3.05, 3.63) is 12.7 Å². The zero-order chi connectivity index (χ0) is 8.86. The van der Waals surface area contributed by atoms with Crippen LogP contribution < -0.4 is 0 Å². The zero-order valence-electron chi connectivity index (χ0n) is 7.52. The molecule has 0 spiro atoms. The molecule has 1 nitrogen and oxygen atoms in total. The van der Waals surface area contributed by atoms with E-state index in [0.29, 0.717) is 0 Å². The van der Waals surface area contributed by atoms with Gasteiger partial charge in [-0.1, -0.05) is 22.0 Å². The summed E-state index contributed by atoms with van der Waals surface area (Å²) < 4.78 is 5.76. The zero-order valence-corrected chi connectivity index (χ0v) is 9.11. The van der Waals surface area contributed by atoms with Crippen molar-refractivity contribution < 1.29 is 4.74 Å². The number of allylic oxidation sites excluding steroid dienone is 1. The molecule has 1 heterocycles. The first-order valence-electron chi connectivity index (χ1n) is 4.64. The Morgan fingerprint density at radius 2 is 2.42 bits per heavy atom. The summed E-state index contributed by atoms with van der Waals surface area (Å²) in [4.78, 5) is 0. The standard InChI is InChI=1S/C10H17BrO/c1-2-3-4-6-10(9-11)7-5-8-12-10/h2H,1,3-9H2. The van der Waals surface area contributed by atoms with Crippen LogP contribution >= 0.6 is 15.9 Å². The number of hydrogen-bond acceptors (Lipinski definition) is 1. The first-order chi connectivity index (χ1) is 5.83. The predicted molar refractivity (Wildman–Crippen MR) is 55.8 cm³/mol. The van der Waals surface area contributed by atoms with E-state index in [0.717, 1.165) is 18.4 Å². The van der Waals surface area contributed by atoms with E-state index >= 15 is 0 Å². The first kappa shape index (κ1) is 10.3. The Hall–Kier alpha value is 0.180. The van der Waals surface area contributed by atoms with Crippen LogP contribution in [0.3, 0.4) is 0 Å². The second-order valence-electron chi connectivity index (χ2n) is 3.45. The van der Waals surface area contributed by atoms with Crippen molar-refractivity contribution in [1.29, 1.82) is 0 Å². The fraction of sp³-hybridized carbons (Fsp3) is 0.800. The Balaban J connectivity index is 2.28. The molecule has 1 aliphatic heterocycles. The summed E-state index contributed by atoms with van der Waals surface area (Å²) in [6.07, 6.45) is 7.91. The molecule has 1 aliphatic rings. The molecule has 1 rings (SSSR count). The largest absolute Gasteiger partial charge is 0.374 e. The highest BCUT2D eigenvalue weighted by atomic mass is 79.9. The van der Waals surface area contributed by atoms with Gasteiger partial charge in [-0.2, -0.15) is 0 Å². The maximum Gasteiger partial charge on any atom is 0.0779 e. The lowest BCUT2D eigenvalue weighted by Crippen LogP contribution is -2.29. The molecule has 1 saturated heterocycles. The molecule has 0 aromatic carbocycles. The Labute approximate surface area is 83.3 Å². The molecule has 0 radical (unpaired) electrons. The molecule has 1 fully saturated rings. The van der Waals surface area contributed by atoms with Gasteiger partial charge in [0.1, 0.15) is 0 Å². The number of halogens is 1. The second-order valence-corrected chi connectivity index (χ2v) is 4.01. The third kappa shape index (κ3) is 2.60. The number of rotatable bonds is 5. The monoisotopic (exact) mass is 232 g/mol. The van der Waals surface area contributed by atoms with Gasteiger partial charge >= 0.3 is 0 Å². The van der Waals surface area contributed by atoms with E-state index in [1.807, 2.05) is 6.08 Å². The molecule has 0 amide bonds. The molecule has 0 bridgehead atoms. The average Bonchev–Trinajstić information content (AvgIpc) is 2.55. The Morgan fingerprint density at radius 1 is 1.58 bits per heavy atom. The van der Waals surface area contributed by atoms with Crippen molar-refractivity contribution in [2.75, 3.05) is 11.9 Å². The molecule has 1 unspecified atom stereocenters. The molecule has 70 valence electrons. The minimum absolute atomic E-state index is 0.156. The minimum atomic E-state index is 0.156. The predicted octanol–water partition coefficient (Wildman–Crippen LogP) is 3.29. The van der Waals surface area contributed by atoms with E-state index in [1.54, 1.807) is 0 Å². The highest BCUT2D eigenvalue weighted by Gasteiger charge is 2.32. The maximum atomic E-state index is 5.76. The van der Waals surface area contributed by atoms with Crippen molar-refractivity contribution >= 4 is 15.9 Å². The summed E-state index contributed by atoms with van der Waals surface area (Å²) in [6.45, 7) is 4.66. The molecule has 0 aromatic heterocycles. The van der Waals surface area contributed by atoms with E-state index in [1.165, 1.54) is 25.7 Å². The van der Waals surface area contributed by atoms with Gasteiger partial charge in [0.15, 0.2) is 0 Å². The van der Waals surface area contributed by atoms with E-state index in [-0.39, 0.29) is 5.60 Å². The first-order valence-corrected chi connectivity index (χ1v) is 5.76. The van der Waals surface area contributed by atoms with Crippen LogP contribution in [0.5, 0.6) is 0 Å². The number of alkyl halides is 1. The van der Waals surface area contributed by atoms with Gasteiger partial charge in [0.2, 0.25) is 0 Å². The fourth-order valence-electron chi connectivity index (χ4n) is 1.69. The maximum absolute atomic E-state index is 5.76. The molecule has 12 heavy (non-hydrogen) atoms. The van der Waals surface area contributed by atoms with Crippen molar-refractivity contribution in [3.63, 3.8) is 0 Å². The Morgan fingerprint density at radius 3 is 2.92 bits per heavy atom. The van der Waals surface area contributed by atoms with Gasteiger partial charge in [0, 0.05) is 11.9 Å². The topological polar surface area (TPSA) is 9.23 Å². The van der Waals surface area contributed by atoms with E-state index in [4.69, 9.17) is 4.74 Å². The summed E-state index contributed by atoms with van der Waals surface area (Å²) in [6, 6.07) is 0. The number of hydrogen-bond donors (Lipinski definition) is 0. The molecule has 1 atom stereocenters. The number of unbranched alkanes of at least 4 members (excludes halogenated alkanes) is 1. The molecule has 0 N–H and O–H groups in total. The number of ether oxygens (including phenoxy) is 1. The summed E-state index contributed by atoms with van der Waals surface area (Å²) in [7, 11) is 0. The molecular formula is C10H17BrO. The van der Waals surface area contributed by atoms with Gasteiger partial charge in [-0.05, 0) is 32.1 Å². The molecule has 0 saturated carbocycles. The summed E-state index contributed by atoms with van der Waals surface area (Å²) in [5.41, 5.74) is 0.156. The van der Waals surface area contributed by atoms with Gasteiger partial charge in [-0.15, -0.1) is 6.58 Å². The molecular weight excluding hydrogens is 216 g/mol. The molecule has 0 aliphatic carbocycles. The summed E-state index contributed by atoms with van der Waals surface area (Å²) >= 11 is 3.53. The minimum Gasteiger partial charge on any atom is -0.374 e. The normalized spacial score (nSPS) is 29.1. The lowest BCUT2D eigenvalue weighted by Gasteiger charge is -2.25. The Kier molecular flexibility index (Phi) is 4.30. The van der Waals surface area contributed by atoms with E-state index in [9.17, 15) is 0 Å². The van der Waals surface area contributed by atoms with E-state index < -0.39 is 0 Å². The lowest BCUT2D eigenvalue weighted by molar-refractivity contribution is 0.0172. The van der Waals surface area contributed by atoms with Crippen LogP contribution in [0.2, 0.25) is 0 Å². The van der Waals surface area contributed by atoms with Gasteiger partial charge in [0.05, 0.1) is 5.60 Å². The smallest absolute Gasteiger partial charge is 0.0779 e. The van der Waals surface area contributed by atoms with Crippen molar-refractivity contribution in [1.82, 2.24) is 0 Å². The molecule has 2 heteroatoms. The van der Waals surface area contributed by atoms with Crippen molar-refractivity contribution in [3.8, 4) is 0 Å². The van der Waals surface area contributed by atoms with Crippen LogP contribution in [-0.2, 0) is 4.74 Å². The summed E-state index contributed by atoms with van der Waals surface area (Å²) in [5.74, 6) is 0.